The number of carbonyl (C=O) groups excluding carboxylic acids is 3. The van der Waals surface area contributed by atoms with E-state index in [1.807, 2.05) is 24.3 Å². The molecule has 0 saturated carbocycles. The lowest BCUT2D eigenvalue weighted by Crippen LogP contribution is -2.52. The highest BCUT2D eigenvalue weighted by atomic mass is 16.5. The number of hydrogen-bond donors (Lipinski definition) is 2. The third-order valence-corrected chi connectivity index (χ3v) is 11.7. The van der Waals surface area contributed by atoms with Crippen LogP contribution in [0.4, 0.5) is 0 Å². The molecular formula is C45H49N3O6. The van der Waals surface area contributed by atoms with Crippen molar-refractivity contribution in [3.8, 4) is 11.5 Å². The van der Waals surface area contributed by atoms with Crippen LogP contribution in [0.15, 0.2) is 91.0 Å². The molecule has 3 heterocycles. The Labute approximate surface area is 317 Å². The number of piperidine rings is 2. The number of nitrogens with zero attached hydrogens (tertiary/aromatic N) is 2. The molecule has 9 nitrogen and oxygen atoms in total. The van der Waals surface area contributed by atoms with Gasteiger partial charge in [-0.25, -0.2) is 0 Å². The number of rotatable bonds is 12. The number of phenols is 1. The van der Waals surface area contributed by atoms with Gasteiger partial charge in [-0.1, -0.05) is 60.7 Å². The van der Waals surface area contributed by atoms with Crippen LogP contribution in [0.25, 0.3) is 0 Å². The average Bonchev–Trinajstić information content (AvgIpc) is 3.51. The van der Waals surface area contributed by atoms with E-state index in [2.05, 4.69) is 76.9 Å². The first kappa shape index (κ1) is 36.0. The molecule has 3 aliphatic heterocycles. The Hall–Kier alpha value is -4.99. The van der Waals surface area contributed by atoms with Gasteiger partial charge in [0.15, 0.2) is 0 Å². The highest BCUT2D eigenvalue weighted by molar-refractivity contribution is 6.05. The maximum absolute atomic E-state index is 13.0. The predicted octanol–water partition coefficient (Wildman–Crippen LogP) is 6.51. The maximum Gasteiger partial charge on any atom is 0.255 e. The number of ether oxygens (including phenoxy) is 2. The van der Waals surface area contributed by atoms with Crippen LogP contribution in [0.1, 0.15) is 94.1 Å². The zero-order valence-corrected chi connectivity index (χ0v) is 30.8. The fourth-order valence-electron chi connectivity index (χ4n) is 9.01. The molecule has 2 N–H and O–H groups in total. The van der Waals surface area contributed by atoms with Crippen LogP contribution in [0.2, 0.25) is 0 Å². The Balaban J connectivity index is 0.787. The molecule has 0 spiro atoms. The number of imide groups is 1. The summed E-state index contributed by atoms with van der Waals surface area (Å²) in [4.78, 5) is 41.1. The van der Waals surface area contributed by atoms with E-state index >= 15 is 0 Å². The van der Waals surface area contributed by atoms with Gasteiger partial charge in [0, 0.05) is 37.5 Å². The molecule has 2 saturated heterocycles. The van der Waals surface area contributed by atoms with Crippen molar-refractivity contribution in [1.82, 2.24) is 15.1 Å². The van der Waals surface area contributed by atoms with Gasteiger partial charge in [-0.15, -0.1) is 0 Å². The second kappa shape index (κ2) is 16.2. The van der Waals surface area contributed by atoms with Gasteiger partial charge in [0.1, 0.15) is 17.5 Å². The first-order valence-corrected chi connectivity index (χ1v) is 19.6. The van der Waals surface area contributed by atoms with Crippen molar-refractivity contribution in [3.05, 3.63) is 130 Å². The highest BCUT2D eigenvalue weighted by Crippen LogP contribution is 2.47. The maximum atomic E-state index is 13.0. The smallest absolute Gasteiger partial charge is 0.255 e. The molecule has 0 aromatic heterocycles. The fourth-order valence-corrected chi connectivity index (χ4v) is 9.01. The molecule has 1 aliphatic carbocycles. The number of carbonyl (C=O) groups is 3. The van der Waals surface area contributed by atoms with Crippen molar-refractivity contribution in [2.75, 3.05) is 32.8 Å². The fraction of sp³-hybridized carbons (Fsp3) is 0.400. The Morgan fingerprint density at radius 2 is 1.67 bits per heavy atom. The van der Waals surface area contributed by atoms with Crippen molar-refractivity contribution in [2.45, 2.75) is 81.9 Å². The summed E-state index contributed by atoms with van der Waals surface area (Å²) in [7, 11) is 0. The summed E-state index contributed by atoms with van der Waals surface area (Å²) in [6, 6.07) is 30.6. The standard InChI is InChI=1S/C45H49N3O6/c49-35-13-18-39-33(27-35)12-17-38(31-6-2-1-3-7-31)43(39)32-10-14-36(15-11-32)53-24-5-23-47-22-4-8-37(29-47)54-25-21-30-9-16-40-34(26-30)28-48(45(40)52)41-19-20-42(50)46-44(41)51/h1-3,6-7,9-11,13-16,18,26-27,37-38,41,43,49H,4-5,8,12,17,19-25,28-29H2,(H,46,50,51)/t37?,38-,41+,43+/m1/s1. The van der Waals surface area contributed by atoms with E-state index in [-0.39, 0.29) is 36.2 Å². The molecule has 4 aliphatic rings. The molecular weight excluding hydrogens is 679 g/mol. The van der Waals surface area contributed by atoms with Gasteiger partial charge < -0.3 is 24.4 Å². The number of likely N-dealkylation sites (tertiary alicyclic amines) is 1. The second-order valence-electron chi connectivity index (χ2n) is 15.3. The lowest BCUT2D eigenvalue weighted by Gasteiger charge is -2.35. The SMILES string of the molecule is O=C1CC[C@H](N2Cc3cc(CCOC4CCCN(CCCOc5ccc([C@@H]6c7ccc(O)cc7CC[C@@H]6c6ccccc6)cc5)C4)ccc3C2=O)C(=O)N1. The van der Waals surface area contributed by atoms with E-state index in [1.165, 1.54) is 22.3 Å². The molecule has 3 amide bonds. The van der Waals surface area contributed by atoms with E-state index in [4.69, 9.17) is 9.47 Å². The van der Waals surface area contributed by atoms with Gasteiger partial charge in [0.05, 0.1) is 19.3 Å². The minimum absolute atomic E-state index is 0.144. The molecule has 8 rings (SSSR count). The summed E-state index contributed by atoms with van der Waals surface area (Å²) in [6.45, 7) is 4.60. The van der Waals surface area contributed by atoms with Crippen molar-refractivity contribution in [1.29, 1.82) is 0 Å². The average molecular weight is 728 g/mol. The van der Waals surface area contributed by atoms with Crippen LogP contribution >= 0.6 is 0 Å². The Morgan fingerprint density at radius 3 is 2.50 bits per heavy atom. The Bertz CT molecular complexity index is 1980. The summed E-state index contributed by atoms with van der Waals surface area (Å²) < 4.78 is 12.6. The number of phenolic OH excluding ortho intramolecular Hbond substituents is 1. The molecule has 9 heteroatoms. The lowest BCUT2D eigenvalue weighted by molar-refractivity contribution is -0.136. The molecule has 2 fully saturated rings. The van der Waals surface area contributed by atoms with Gasteiger partial charge in [0.2, 0.25) is 11.8 Å². The number of aromatic hydroxyl groups is 1. The number of nitrogens with one attached hydrogen (secondary N) is 1. The zero-order chi connectivity index (χ0) is 37.0. The third kappa shape index (κ3) is 7.93. The Morgan fingerprint density at radius 1 is 0.815 bits per heavy atom. The molecule has 4 atom stereocenters. The van der Waals surface area contributed by atoms with Crippen molar-refractivity contribution in [2.24, 2.45) is 0 Å². The monoisotopic (exact) mass is 727 g/mol. The topological polar surface area (TPSA) is 108 Å². The van der Waals surface area contributed by atoms with Crippen molar-refractivity contribution in [3.63, 3.8) is 0 Å². The summed E-state index contributed by atoms with van der Waals surface area (Å²) in [5, 5.41) is 12.5. The second-order valence-corrected chi connectivity index (χ2v) is 15.3. The van der Waals surface area contributed by atoms with Crippen molar-refractivity contribution < 1.29 is 29.0 Å². The summed E-state index contributed by atoms with van der Waals surface area (Å²) >= 11 is 0. The molecule has 4 aromatic carbocycles. The zero-order valence-electron chi connectivity index (χ0n) is 30.8. The number of benzene rings is 4. The van der Waals surface area contributed by atoms with Crippen LogP contribution in [-0.4, -0.2) is 77.6 Å². The van der Waals surface area contributed by atoms with Crippen LogP contribution < -0.4 is 10.1 Å². The molecule has 4 aromatic rings. The summed E-state index contributed by atoms with van der Waals surface area (Å²) in [5.41, 5.74) is 7.83. The van der Waals surface area contributed by atoms with Gasteiger partial charge in [0.25, 0.3) is 5.91 Å². The van der Waals surface area contributed by atoms with Crippen LogP contribution in [0.5, 0.6) is 11.5 Å². The largest absolute Gasteiger partial charge is 0.508 e. The number of aryl methyl sites for hydroxylation is 1. The highest BCUT2D eigenvalue weighted by Gasteiger charge is 2.39. The van der Waals surface area contributed by atoms with Gasteiger partial charge >= 0.3 is 0 Å². The van der Waals surface area contributed by atoms with E-state index in [0.29, 0.717) is 43.4 Å². The molecule has 1 unspecified atom stereocenters. The first-order chi connectivity index (χ1) is 26.4. The molecule has 280 valence electrons. The lowest BCUT2D eigenvalue weighted by atomic mass is 9.69. The Kier molecular flexibility index (Phi) is 10.8. The molecule has 0 radical (unpaired) electrons. The predicted molar refractivity (Wildman–Crippen MR) is 206 cm³/mol. The summed E-state index contributed by atoms with van der Waals surface area (Å²) in [6.07, 6.45) is 6.67. The van der Waals surface area contributed by atoms with Gasteiger partial charge in [-0.2, -0.15) is 0 Å². The minimum Gasteiger partial charge on any atom is -0.508 e. The van der Waals surface area contributed by atoms with Gasteiger partial charge in [-0.3, -0.25) is 19.7 Å². The quantitative estimate of drug-likeness (QED) is 0.127. The normalized spacial score (nSPS) is 22.8. The number of amides is 3. The van der Waals surface area contributed by atoms with E-state index in [1.54, 1.807) is 4.90 Å². The van der Waals surface area contributed by atoms with Gasteiger partial charge in [-0.05, 0) is 121 Å². The molecule has 54 heavy (non-hydrogen) atoms. The molecule has 0 bridgehead atoms. The summed E-state index contributed by atoms with van der Waals surface area (Å²) in [5.74, 6) is 1.000. The third-order valence-electron chi connectivity index (χ3n) is 11.7. The van der Waals surface area contributed by atoms with E-state index < -0.39 is 6.04 Å². The minimum atomic E-state index is -0.598. The number of hydrogen-bond acceptors (Lipinski definition) is 7. The van der Waals surface area contributed by atoms with E-state index in [0.717, 1.165) is 75.0 Å². The van der Waals surface area contributed by atoms with Crippen LogP contribution in [0, 0.1) is 0 Å². The first-order valence-electron chi connectivity index (χ1n) is 19.6. The number of fused-ring (bicyclic) bond motifs is 2. The van der Waals surface area contributed by atoms with E-state index in [9.17, 15) is 19.5 Å². The van der Waals surface area contributed by atoms with Crippen molar-refractivity contribution >= 4 is 17.7 Å². The van der Waals surface area contributed by atoms with Crippen LogP contribution in [-0.2, 0) is 33.7 Å². The van der Waals surface area contributed by atoms with Crippen LogP contribution in [0.3, 0.4) is 0 Å².